The van der Waals surface area contributed by atoms with Crippen LogP contribution in [0.5, 0.6) is 0 Å². The molecule has 0 saturated heterocycles. The van der Waals surface area contributed by atoms with Gasteiger partial charge in [0.25, 0.3) is 5.91 Å². The highest BCUT2D eigenvalue weighted by atomic mass is 32.2. The van der Waals surface area contributed by atoms with Gasteiger partial charge >= 0.3 is 0 Å². The van der Waals surface area contributed by atoms with Crippen LogP contribution in [0.1, 0.15) is 40.4 Å². The van der Waals surface area contributed by atoms with Crippen molar-refractivity contribution in [3.05, 3.63) is 101 Å². The van der Waals surface area contributed by atoms with Crippen molar-refractivity contribution < 1.29 is 13.2 Å². The van der Waals surface area contributed by atoms with Gasteiger partial charge in [-0.15, -0.1) is 0 Å². The molecule has 6 nitrogen and oxygen atoms in total. The third-order valence-corrected chi connectivity index (χ3v) is 6.90. The Labute approximate surface area is 189 Å². The zero-order valence-electron chi connectivity index (χ0n) is 18.4. The number of nitrogens with one attached hydrogen (secondary N) is 1. The van der Waals surface area contributed by atoms with E-state index in [2.05, 4.69) is 10.5 Å². The summed E-state index contributed by atoms with van der Waals surface area (Å²) in [5.74, 6) is -0.320. The first kappa shape index (κ1) is 23.4. The highest BCUT2D eigenvalue weighted by molar-refractivity contribution is 7.89. The molecule has 0 aliphatic heterocycles. The van der Waals surface area contributed by atoms with E-state index in [1.54, 1.807) is 55.6 Å². The van der Waals surface area contributed by atoms with E-state index in [0.29, 0.717) is 12.0 Å². The number of hydrazone groups is 1. The lowest BCUT2D eigenvalue weighted by atomic mass is 10.1. The van der Waals surface area contributed by atoms with Gasteiger partial charge in [0, 0.05) is 19.2 Å². The Kier molecular flexibility index (Phi) is 7.56. The van der Waals surface area contributed by atoms with Gasteiger partial charge in [-0.3, -0.25) is 4.79 Å². The summed E-state index contributed by atoms with van der Waals surface area (Å²) in [6.07, 6.45) is 0.686. The van der Waals surface area contributed by atoms with Crippen LogP contribution < -0.4 is 5.43 Å². The second kappa shape index (κ2) is 10.3. The molecule has 0 aromatic heterocycles. The molecule has 0 saturated carbocycles. The summed E-state index contributed by atoms with van der Waals surface area (Å²) in [6.45, 7) is 4.09. The van der Waals surface area contributed by atoms with E-state index in [4.69, 9.17) is 0 Å². The Morgan fingerprint density at radius 1 is 0.906 bits per heavy atom. The Morgan fingerprint density at radius 3 is 2.12 bits per heavy atom. The first-order valence-electron chi connectivity index (χ1n) is 10.4. The van der Waals surface area contributed by atoms with Gasteiger partial charge in [-0.25, -0.2) is 13.8 Å². The van der Waals surface area contributed by atoms with Crippen molar-refractivity contribution in [3.8, 4) is 0 Å². The van der Waals surface area contributed by atoms with E-state index in [1.807, 2.05) is 44.2 Å². The van der Waals surface area contributed by atoms with Crippen molar-refractivity contribution in [3.63, 3.8) is 0 Å². The molecule has 3 aromatic carbocycles. The Hall–Kier alpha value is -3.29. The van der Waals surface area contributed by atoms with Crippen LogP contribution in [0.25, 0.3) is 0 Å². The number of sulfonamides is 1. The highest BCUT2D eigenvalue weighted by Crippen LogP contribution is 2.18. The largest absolute Gasteiger partial charge is 0.271 e. The van der Waals surface area contributed by atoms with E-state index in [1.165, 1.54) is 4.31 Å². The average Bonchev–Trinajstić information content (AvgIpc) is 2.80. The first-order chi connectivity index (χ1) is 15.3. The maximum Gasteiger partial charge on any atom is 0.271 e. The number of amides is 1. The SMILES string of the molecule is CCC(=NNC(=O)c1ccc(CN(C)S(=O)(=O)c2ccc(C)cc2)cc1)c1ccccc1. The molecule has 0 aliphatic carbocycles. The van der Waals surface area contributed by atoms with Crippen molar-refractivity contribution in [1.29, 1.82) is 0 Å². The molecule has 3 rings (SSSR count). The van der Waals surface area contributed by atoms with Gasteiger partial charge in [0.05, 0.1) is 10.6 Å². The van der Waals surface area contributed by atoms with Crippen molar-refractivity contribution >= 4 is 21.6 Å². The second-order valence-electron chi connectivity index (χ2n) is 7.49. The zero-order chi connectivity index (χ0) is 23.1. The lowest BCUT2D eigenvalue weighted by Gasteiger charge is -2.17. The van der Waals surface area contributed by atoms with E-state index in [9.17, 15) is 13.2 Å². The van der Waals surface area contributed by atoms with Gasteiger partial charge in [-0.05, 0) is 48.7 Å². The van der Waals surface area contributed by atoms with E-state index in [0.717, 1.165) is 22.4 Å². The third-order valence-electron chi connectivity index (χ3n) is 5.08. The predicted octanol–water partition coefficient (Wildman–Crippen LogP) is 4.36. The van der Waals surface area contributed by atoms with Crippen molar-refractivity contribution in [2.24, 2.45) is 5.10 Å². The molecule has 0 aliphatic rings. The quantitative estimate of drug-likeness (QED) is 0.410. The molecule has 32 heavy (non-hydrogen) atoms. The molecular formula is C25H27N3O3S. The maximum atomic E-state index is 12.8. The molecule has 0 bridgehead atoms. The van der Waals surface area contributed by atoms with Crippen LogP contribution in [-0.2, 0) is 16.6 Å². The minimum absolute atomic E-state index is 0.199. The minimum Gasteiger partial charge on any atom is -0.267 e. The maximum absolute atomic E-state index is 12.8. The second-order valence-corrected chi connectivity index (χ2v) is 9.53. The van der Waals surface area contributed by atoms with Crippen molar-refractivity contribution in [2.45, 2.75) is 31.7 Å². The van der Waals surface area contributed by atoms with E-state index >= 15 is 0 Å². The highest BCUT2D eigenvalue weighted by Gasteiger charge is 2.20. The molecule has 0 heterocycles. The topological polar surface area (TPSA) is 78.8 Å². The van der Waals surface area contributed by atoms with Crippen LogP contribution >= 0.6 is 0 Å². The fourth-order valence-corrected chi connectivity index (χ4v) is 4.31. The van der Waals surface area contributed by atoms with E-state index in [-0.39, 0.29) is 17.3 Å². The monoisotopic (exact) mass is 449 g/mol. The molecule has 0 radical (unpaired) electrons. The smallest absolute Gasteiger partial charge is 0.267 e. The molecule has 1 amide bonds. The number of hydrogen-bond acceptors (Lipinski definition) is 4. The average molecular weight is 450 g/mol. The first-order valence-corrected chi connectivity index (χ1v) is 11.8. The van der Waals surface area contributed by atoms with Crippen LogP contribution in [0.15, 0.2) is 88.9 Å². The van der Waals surface area contributed by atoms with Crippen LogP contribution in [-0.4, -0.2) is 31.4 Å². The Morgan fingerprint density at radius 2 is 1.53 bits per heavy atom. The van der Waals surface area contributed by atoms with Crippen LogP contribution in [0.3, 0.4) is 0 Å². The predicted molar refractivity (Wildman–Crippen MR) is 127 cm³/mol. The molecule has 7 heteroatoms. The molecule has 3 aromatic rings. The van der Waals surface area contributed by atoms with Gasteiger partial charge in [0.1, 0.15) is 0 Å². The fraction of sp³-hybridized carbons (Fsp3) is 0.200. The van der Waals surface area contributed by atoms with Gasteiger partial charge < -0.3 is 0 Å². The molecule has 0 unspecified atom stereocenters. The molecular weight excluding hydrogens is 422 g/mol. The van der Waals surface area contributed by atoms with E-state index < -0.39 is 10.0 Å². The Bertz CT molecular complexity index is 1190. The molecule has 1 N–H and O–H groups in total. The number of hydrogen-bond donors (Lipinski definition) is 1. The molecule has 0 fully saturated rings. The molecule has 166 valence electrons. The number of rotatable bonds is 8. The summed E-state index contributed by atoms with van der Waals surface area (Å²) >= 11 is 0. The Balaban J connectivity index is 1.66. The van der Waals surface area contributed by atoms with Crippen molar-refractivity contribution in [1.82, 2.24) is 9.73 Å². The summed E-state index contributed by atoms with van der Waals surface area (Å²) in [6, 6.07) is 23.3. The molecule has 0 atom stereocenters. The van der Waals surface area contributed by atoms with Crippen LogP contribution in [0, 0.1) is 6.92 Å². The minimum atomic E-state index is -3.59. The summed E-state index contributed by atoms with van der Waals surface area (Å²) in [5, 5.41) is 4.26. The number of carbonyl (C=O) groups excluding carboxylic acids is 1. The number of benzene rings is 3. The zero-order valence-corrected chi connectivity index (χ0v) is 19.3. The summed E-state index contributed by atoms with van der Waals surface area (Å²) in [7, 11) is -2.05. The molecule has 0 spiro atoms. The standard InChI is InChI=1S/C25H27N3O3S/c1-4-24(21-8-6-5-7-9-21)26-27-25(29)22-14-12-20(13-15-22)18-28(3)32(30,31)23-16-10-19(2)11-17-23/h5-17H,4,18H2,1-3H3,(H,27,29). The number of carbonyl (C=O) groups is 1. The van der Waals surface area contributed by atoms with Crippen LogP contribution in [0.4, 0.5) is 0 Å². The number of aryl methyl sites for hydroxylation is 1. The third kappa shape index (κ3) is 5.69. The number of nitrogens with zero attached hydrogens (tertiary/aromatic N) is 2. The summed E-state index contributed by atoms with van der Waals surface area (Å²) in [4.78, 5) is 12.7. The summed E-state index contributed by atoms with van der Waals surface area (Å²) in [5.41, 5.74) is 6.58. The van der Waals surface area contributed by atoms with Gasteiger partial charge in [0.15, 0.2) is 0 Å². The van der Waals surface area contributed by atoms with Crippen molar-refractivity contribution in [2.75, 3.05) is 7.05 Å². The van der Waals surface area contributed by atoms with Crippen LogP contribution in [0.2, 0.25) is 0 Å². The fourth-order valence-electron chi connectivity index (χ4n) is 3.15. The lowest BCUT2D eigenvalue weighted by Crippen LogP contribution is -2.26. The lowest BCUT2D eigenvalue weighted by molar-refractivity contribution is 0.0954. The van der Waals surface area contributed by atoms with Gasteiger partial charge in [-0.1, -0.05) is 67.1 Å². The van der Waals surface area contributed by atoms with Gasteiger partial charge in [-0.2, -0.15) is 9.41 Å². The summed E-state index contributed by atoms with van der Waals surface area (Å²) < 4.78 is 26.8. The van der Waals surface area contributed by atoms with Gasteiger partial charge in [0.2, 0.25) is 10.0 Å². The normalized spacial score (nSPS) is 12.1.